The van der Waals surface area contributed by atoms with Gasteiger partial charge < -0.3 is 5.01 Å². The molecule has 1 atom stereocenters. The van der Waals surface area contributed by atoms with E-state index < -0.39 is 0 Å². The summed E-state index contributed by atoms with van der Waals surface area (Å²) in [5.74, 6) is 0. The second-order valence-corrected chi connectivity index (χ2v) is 3.05. The molecule has 0 bridgehead atoms. The van der Waals surface area contributed by atoms with Crippen molar-refractivity contribution in [2.45, 2.75) is 19.9 Å². The maximum atomic E-state index is 3.79. The fourth-order valence-corrected chi connectivity index (χ4v) is 1.47. The van der Waals surface area contributed by atoms with Crippen molar-refractivity contribution in [2.24, 2.45) is 0 Å². The molecule has 0 saturated heterocycles. The highest BCUT2D eigenvalue weighted by Crippen LogP contribution is 2.25. The second kappa shape index (κ2) is 2.70. The first-order valence-electron chi connectivity index (χ1n) is 3.89. The quantitative estimate of drug-likeness (QED) is 0.563. The number of hydrazine groups is 1. The zero-order chi connectivity index (χ0) is 8.59. The fraction of sp³-hybridized carbons (Fsp3) is 0.556. The first-order chi connectivity index (χ1) is 5.09. The topological polar surface area (TPSA) is 6.48 Å². The monoisotopic (exact) mass is 152 g/mol. The van der Waals surface area contributed by atoms with Crippen LogP contribution in [-0.4, -0.2) is 30.2 Å². The van der Waals surface area contributed by atoms with Gasteiger partial charge in [0.1, 0.15) is 0 Å². The maximum Gasteiger partial charge on any atom is 0.0518 e. The van der Waals surface area contributed by atoms with Gasteiger partial charge in [-0.2, -0.15) is 0 Å². The molecule has 1 aliphatic heterocycles. The molecule has 0 aliphatic carbocycles. The summed E-state index contributed by atoms with van der Waals surface area (Å²) in [6, 6.07) is 0.507. The SMILES string of the molecule is C=CC1=C(C)C(C)N(C)N1C. The van der Waals surface area contributed by atoms with Crippen molar-refractivity contribution in [2.75, 3.05) is 14.1 Å². The van der Waals surface area contributed by atoms with E-state index in [1.807, 2.05) is 6.08 Å². The molecule has 1 rings (SSSR count). The Labute approximate surface area is 68.8 Å². The summed E-state index contributed by atoms with van der Waals surface area (Å²) in [4.78, 5) is 0. The molecule has 0 aromatic carbocycles. The van der Waals surface area contributed by atoms with E-state index in [9.17, 15) is 0 Å². The molecule has 62 valence electrons. The van der Waals surface area contributed by atoms with Crippen LogP contribution < -0.4 is 0 Å². The molecule has 2 heteroatoms. The van der Waals surface area contributed by atoms with Gasteiger partial charge in [0.2, 0.25) is 0 Å². The third-order valence-corrected chi connectivity index (χ3v) is 2.61. The van der Waals surface area contributed by atoms with Crippen LogP contribution in [0.1, 0.15) is 13.8 Å². The van der Waals surface area contributed by atoms with Gasteiger partial charge in [0.15, 0.2) is 0 Å². The molecule has 0 aromatic heterocycles. The van der Waals surface area contributed by atoms with Crippen molar-refractivity contribution in [3.63, 3.8) is 0 Å². The zero-order valence-electron chi connectivity index (χ0n) is 7.76. The van der Waals surface area contributed by atoms with Crippen LogP contribution in [0.25, 0.3) is 0 Å². The normalized spacial score (nSPS) is 26.5. The largest absolute Gasteiger partial charge is 0.309 e. The van der Waals surface area contributed by atoms with Gasteiger partial charge in [-0.15, -0.1) is 0 Å². The molecular weight excluding hydrogens is 136 g/mol. The fourth-order valence-electron chi connectivity index (χ4n) is 1.47. The third-order valence-electron chi connectivity index (χ3n) is 2.61. The summed E-state index contributed by atoms with van der Waals surface area (Å²) in [5, 5.41) is 4.33. The minimum Gasteiger partial charge on any atom is -0.309 e. The van der Waals surface area contributed by atoms with Gasteiger partial charge in [0.25, 0.3) is 0 Å². The Balaban J connectivity index is 2.97. The van der Waals surface area contributed by atoms with Gasteiger partial charge in [-0.25, -0.2) is 5.01 Å². The lowest BCUT2D eigenvalue weighted by Gasteiger charge is -2.26. The van der Waals surface area contributed by atoms with Crippen molar-refractivity contribution in [3.8, 4) is 0 Å². The predicted octanol–water partition coefficient (Wildman–Crippen LogP) is 1.63. The molecular formula is C9H16N2. The summed E-state index contributed by atoms with van der Waals surface area (Å²) in [7, 11) is 4.15. The number of rotatable bonds is 1. The third kappa shape index (κ3) is 1.07. The lowest BCUT2D eigenvalue weighted by molar-refractivity contribution is 0.0713. The molecule has 0 aromatic rings. The van der Waals surface area contributed by atoms with Gasteiger partial charge in [0, 0.05) is 20.1 Å². The van der Waals surface area contributed by atoms with Crippen LogP contribution in [0.5, 0.6) is 0 Å². The van der Waals surface area contributed by atoms with E-state index in [2.05, 4.69) is 44.5 Å². The van der Waals surface area contributed by atoms with Gasteiger partial charge in [-0.1, -0.05) is 6.58 Å². The summed E-state index contributed by atoms with van der Waals surface area (Å²) < 4.78 is 0. The van der Waals surface area contributed by atoms with E-state index in [1.165, 1.54) is 11.3 Å². The number of allylic oxidation sites excluding steroid dienone is 1. The molecule has 0 N–H and O–H groups in total. The number of likely N-dealkylation sites (N-methyl/N-ethyl adjacent to an activating group) is 2. The van der Waals surface area contributed by atoms with E-state index in [0.29, 0.717) is 6.04 Å². The highest BCUT2D eigenvalue weighted by Gasteiger charge is 2.26. The molecule has 0 amide bonds. The van der Waals surface area contributed by atoms with Crippen LogP contribution >= 0.6 is 0 Å². The summed E-state index contributed by atoms with van der Waals surface area (Å²) in [6.07, 6.45) is 1.91. The van der Waals surface area contributed by atoms with E-state index in [-0.39, 0.29) is 0 Å². The summed E-state index contributed by atoms with van der Waals surface area (Å²) in [5.41, 5.74) is 2.63. The van der Waals surface area contributed by atoms with Gasteiger partial charge in [-0.05, 0) is 25.5 Å². The molecule has 0 fully saturated rings. The van der Waals surface area contributed by atoms with Crippen molar-refractivity contribution in [1.82, 2.24) is 10.0 Å². The first-order valence-corrected chi connectivity index (χ1v) is 3.89. The number of hydrogen-bond acceptors (Lipinski definition) is 2. The lowest BCUT2D eigenvalue weighted by Crippen LogP contribution is -2.34. The van der Waals surface area contributed by atoms with Crippen molar-refractivity contribution in [1.29, 1.82) is 0 Å². The van der Waals surface area contributed by atoms with E-state index in [4.69, 9.17) is 0 Å². The average molecular weight is 152 g/mol. The first kappa shape index (κ1) is 8.34. The Hall–Kier alpha value is -0.760. The lowest BCUT2D eigenvalue weighted by atomic mass is 10.1. The van der Waals surface area contributed by atoms with E-state index in [1.54, 1.807) is 0 Å². The highest BCUT2D eigenvalue weighted by atomic mass is 15.6. The van der Waals surface area contributed by atoms with E-state index >= 15 is 0 Å². The van der Waals surface area contributed by atoms with Crippen LogP contribution in [0.15, 0.2) is 23.9 Å². The Morgan fingerprint density at radius 1 is 1.45 bits per heavy atom. The smallest absolute Gasteiger partial charge is 0.0518 e. The van der Waals surface area contributed by atoms with Crippen LogP contribution in [-0.2, 0) is 0 Å². The summed E-state index contributed by atoms with van der Waals surface area (Å²) in [6.45, 7) is 8.14. The Morgan fingerprint density at radius 3 is 2.18 bits per heavy atom. The molecule has 1 aliphatic rings. The molecule has 0 radical (unpaired) electrons. The van der Waals surface area contributed by atoms with Crippen LogP contribution in [0.3, 0.4) is 0 Å². The van der Waals surface area contributed by atoms with Crippen LogP contribution in [0.2, 0.25) is 0 Å². The molecule has 1 unspecified atom stereocenters. The van der Waals surface area contributed by atoms with Crippen molar-refractivity contribution >= 4 is 0 Å². The van der Waals surface area contributed by atoms with E-state index in [0.717, 1.165) is 0 Å². The van der Waals surface area contributed by atoms with Gasteiger partial charge >= 0.3 is 0 Å². The Bertz CT molecular complexity index is 206. The van der Waals surface area contributed by atoms with Crippen LogP contribution in [0.4, 0.5) is 0 Å². The minimum absolute atomic E-state index is 0.507. The maximum absolute atomic E-state index is 3.79. The average Bonchev–Trinajstić information content (AvgIpc) is 2.17. The molecule has 2 nitrogen and oxygen atoms in total. The highest BCUT2D eigenvalue weighted by molar-refractivity contribution is 5.28. The standard InChI is InChI=1S/C9H16N2/c1-6-9-7(2)8(3)10(4)11(9)5/h6,8H,1H2,2-5H3. The van der Waals surface area contributed by atoms with Crippen molar-refractivity contribution in [3.05, 3.63) is 23.9 Å². The Kier molecular flexibility index (Phi) is 2.05. The molecule has 0 spiro atoms. The van der Waals surface area contributed by atoms with Crippen LogP contribution in [0, 0.1) is 0 Å². The molecule has 11 heavy (non-hydrogen) atoms. The Morgan fingerprint density at radius 2 is 2.00 bits per heavy atom. The van der Waals surface area contributed by atoms with Gasteiger partial charge in [0.05, 0.1) is 5.70 Å². The minimum atomic E-state index is 0.507. The predicted molar refractivity (Wildman–Crippen MR) is 47.9 cm³/mol. The summed E-state index contributed by atoms with van der Waals surface area (Å²) >= 11 is 0. The number of hydrogen-bond donors (Lipinski definition) is 0. The molecule has 1 heterocycles. The van der Waals surface area contributed by atoms with Gasteiger partial charge in [-0.3, -0.25) is 0 Å². The second-order valence-electron chi connectivity index (χ2n) is 3.05. The zero-order valence-corrected chi connectivity index (χ0v) is 7.76. The molecule has 0 saturated carbocycles. The number of nitrogens with zero attached hydrogens (tertiary/aromatic N) is 2. The van der Waals surface area contributed by atoms with Crippen molar-refractivity contribution < 1.29 is 0 Å².